The number of nitrogens with one attached hydrogen (secondary N) is 1. The average Bonchev–Trinajstić information content (AvgIpc) is 3.13. The molecule has 162 valence electrons. The van der Waals surface area contributed by atoms with Gasteiger partial charge >= 0.3 is 0 Å². The van der Waals surface area contributed by atoms with E-state index in [-0.39, 0.29) is 11.7 Å². The number of carbonyl (C=O) groups excluding carboxylic acids is 2. The number of carbonyl (C=O) groups is 2. The molecular formula is C24H25ClN2O4. The first-order valence-electron chi connectivity index (χ1n) is 10.3. The highest BCUT2D eigenvalue weighted by Crippen LogP contribution is 2.31. The van der Waals surface area contributed by atoms with Gasteiger partial charge in [-0.3, -0.25) is 9.59 Å². The molecule has 0 unspecified atom stereocenters. The van der Waals surface area contributed by atoms with Crippen molar-refractivity contribution in [2.45, 2.75) is 32.7 Å². The number of Topliss-reactive ketones (excluding diaryl/α,β-unsaturated/α-hetero) is 1. The van der Waals surface area contributed by atoms with Gasteiger partial charge < -0.3 is 19.4 Å². The number of amides is 1. The van der Waals surface area contributed by atoms with Crippen LogP contribution in [0.2, 0.25) is 5.02 Å². The second kappa shape index (κ2) is 9.02. The largest absolute Gasteiger partial charge is 0.493 e. The highest BCUT2D eigenvalue weighted by molar-refractivity contribution is 6.31. The predicted octanol–water partition coefficient (Wildman–Crippen LogP) is 4.78. The Morgan fingerprint density at radius 2 is 2.00 bits per heavy atom. The van der Waals surface area contributed by atoms with Crippen molar-refractivity contribution in [1.29, 1.82) is 0 Å². The summed E-state index contributed by atoms with van der Waals surface area (Å²) < 4.78 is 11.1. The van der Waals surface area contributed by atoms with E-state index in [1.807, 2.05) is 23.1 Å². The lowest BCUT2D eigenvalue weighted by Gasteiger charge is -2.27. The molecule has 0 radical (unpaired) electrons. The Kier molecular flexibility index (Phi) is 6.18. The summed E-state index contributed by atoms with van der Waals surface area (Å²) in [5, 5.41) is 1.78. The first-order valence-corrected chi connectivity index (χ1v) is 10.7. The van der Waals surface area contributed by atoms with Gasteiger partial charge in [0, 0.05) is 58.7 Å². The molecule has 0 aliphatic carbocycles. The van der Waals surface area contributed by atoms with Gasteiger partial charge in [-0.1, -0.05) is 11.6 Å². The smallest absolute Gasteiger partial charge is 0.223 e. The van der Waals surface area contributed by atoms with Gasteiger partial charge in [-0.25, -0.2) is 0 Å². The first-order chi connectivity index (χ1) is 15.0. The maximum absolute atomic E-state index is 12.8. The van der Waals surface area contributed by atoms with Crippen molar-refractivity contribution >= 4 is 34.2 Å². The SMILES string of the molecule is COc1cc(C(C)=O)ccc1OCCCC(=O)N1CCc2[nH]c3ccc(Cl)cc3c2C1. The Balaban J connectivity index is 1.33. The third-order valence-electron chi connectivity index (χ3n) is 5.65. The van der Waals surface area contributed by atoms with Crippen LogP contribution < -0.4 is 9.47 Å². The molecule has 1 aliphatic heterocycles. The molecule has 0 bridgehead atoms. The van der Waals surface area contributed by atoms with E-state index < -0.39 is 0 Å². The van der Waals surface area contributed by atoms with Gasteiger partial charge in [0.2, 0.25) is 5.91 Å². The van der Waals surface area contributed by atoms with Crippen molar-refractivity contribution in [2.24, 2.45) is 0 Å². The van der Waals surface area contributed by atoms with E-state index >= 15 is 0 Å². The van der Waals surface area contributed by atoms with Crippen molar-refractivity contribution in [2.75, 3.05) is 20.3 Å². The monoisotopic (exact) mass is 440 g/mol. The van der Waals surface area contributed by atoms with E-state index in [1.165, 1.54) is 19.7 Å². The molecule has 0 spiro atoms. The molecule has 0 saturated heterocycles. The van der Waals surface area contributed by atoms with Crippen molar-refractivity contribution < 1.29 is 19.1 Å². The molecule has 1 N–H and O–H groups in total. The number of H-pyrrole nitrogens is 1. The number of hydrogen-bond donors (Lipinski definition) is 1. The number of ketones is 1. The van der Waals surface area contributed by atoms with Crippen LogP contribution in [0.3, 0.4) is 0 Å². The number of rotatable bonds is 7. The van der Waals surface area contributed by atoms with Crippen LogP contribution in [-0.2, 0) is 17.8 Å². The Labute approximate surface area is 186 Å². The van der Waals surface area contributed by atoms with Crippen LogP contribution in [0.15, 0.2) is 36.4 Å². The van der Waals surface area contributed by atoms with E-state index in [2.05, 4.69) is 4.98 Å². The highest BCUT2D eigenvalue weighted by Gasteiger charge is 2.24. The number of methoxy groups -OCH3 is 1. The normalized spacial score (nSPS) is 13.2. The molecule has 0 atom stereocenters. The van der Waals surface area contributed by atoms with E-state index in [0.29, 0.717) is 54.6 Å². The summed E-state index contributed by atoms with van der Waals surface area (Å²) in [6, 6.07) is 10.9. The summed E-state index contributed by atoms with van der Waals surface area (Å²) in [5.41, 5.74) is 3.97. The molecule has 1 aromatic heterocycles. The lowest BCUT2D eigenvalue weighted by molar-refractivity contribution is -0.132. The van der Waals surface area contributed by atoms with Crippen LogP contribution in [-0.4, -0.2) is 41.8 Å². The van der Waals surface area contributed by atoms with Crippen LogP contribution in [0.1, 0.15) is 41.4 Å². The molecule has 2 aromatic carbocycles. The van der Waals surface area contributed by atoms with Gasteiger partial charge in [-0.2, -0.15) is 0 Å². The quantitative estimate of drug-likeness (QED) is 0.424. The summed E-state index contributed by atoms with van der Waals surface area (Å²) in [6.07, 6.45) is 1.81. The summed E-state index contributed by atoms with van der Waals surface area (Å²) in [5.74, 6) is 1.17. The zero-order valence-corrected chi connectivity index (χ0v) is 18.4. The molecule has 0 fully saturated rings. The van der Waals surface area contributed by atoms with Crippen LogP contribution >= 0.6 is 11.6 Å². The van der Waals surface area contributed by atoms with E-state index in [9.17, 15) is 9.59 Å². The maximum atomic E-state index is 12.8. The molecule has 3 aromatic rings. The molecule has 1 amide bonds. The van der Waals surface area contributed by atoms with Crippen LogP contribution in [0.5, 0.6) is 11.5 Å². The van der Waals surface area contributed by atoms with E-state index in [4.69, 9.17) is 21.1 Å². The lowest BCUT2D eigenvalue weighted by atomic mass is 10.0. The topological polar surface area (TPSA) is 71.6 Å². The van der Waals surface area contributed by atoms with Crippen molar-refractivity contribution in [3.63, 3.8) is 0 Å². The number of aromatic amines is 1. The third-order valence-corrected chi connectivity index (χ3v) is 5.89. The number of hydrogen-bond acceptors (Lipinski definition) is 4. The Morgan fingerprint density at radius 1 is 1.16 bits per heavy atom. The second-order valence-corrected chi connectivity index (χ2v) is 8.15. The predicted molar refractivity (Wildman–Crippen MR) is 120 cm³/mol. The summed E-state index contributed by atoms with van der Waals surface area (Å²) in [4.78, 5) is 29.6. The number of nitrogens with zero attached hydrogens (tertiary/aromatic N) is 1. The van der Waals surface area contributed by atoms with Gasteiger partial charge in [0.1, 0.15) is 0 Å². The number of benzene rings is 2. The highest BCUT2D eigenvalue weighted by atomic mass is 35.5. The number of aromatic nitrogens is 1. The average molecular weight is 441 g/mol. The van der Waals surface area contributed by atoms with Gasteiger partial charge in [0.25, 0.3) is 0 Å². The fourth-order valence-corrected chi connectivity index (χ4v) is 4.14. The van der Waals surface area contributed by atoms with Crippen LogP contribution in [0.25, 0.3) is 10.9 Å². The third kappa shape index (κ3) is 4.54. The summed E-state index contributed by atoms with van der Waals surface area (Å²) in [6.45, 7) is 3.20. The summed E-state index contributed by atoms with van der Waals surface area (Å²) >= 11 is 6.16. The van der Waals surface area contributed by atoms with E-state index in [1.54, 1.807) is 18.2 Å². The van der Waals surface area contributed by atoms with E-state index in [0.717, 1.165) is 22.9 Å². The van der Waals surface area contributed by atoms with Crippen LogP contribution in [0, 0.1) is 0 Å². The fraction of sp³-hybridized carbons (Fsp3) is 0.333. The molecule has 31 heavy (non-hydrogen) atoms. The first kappa shape index (κ1) is 21.2. The molecule has 4 rings (SSSR count). The molecule has 6 nitrogen and oxygen atoms in total. The Bertz CT molecular complexity index is 1140. The Hall–Kier alpha value is -2.99. The minimum atomic E-state index is -0.0300. The molecule has 1 aliphatic rings. The standard InChI is InChI=1S/C24H25ClN2O4/c1-15(28)16-5-8-22(23(12-16)30-2)31-11-3-4-24(29)27-10-9-21-19(14-27)18-13-17(25)6-7-20(18)26-21/h5-8,12-13,26H,3-4,9-11,14H2,1-2H3. The van der Waals surface area contributed by atoms with Crippen molar-refractivity contribution in [1.82, 2.24) is 9.88 Å². The second-order valence-electron chi connectivity index (χ2n) is 7.71. The van der Waals surface area contributed by atoms with Crippen molar-refractivity contribution in [3.8, 4) is 11.5 Å². The minimum Gasteiger partial charge on any atom is -0.493 e. The zero-order chi connectivity index (χ0) is 22.0. The van der Waals surface area contributed by atoms with Gasteiger partial charge in [0.05, 0.1) is 13.7 Å². The number of halogens is 1. The molecule has 2 heterocycles. The Morgan fingerprint density at radius 3 is 2.77 bits per heavy atom. The minimum absolute atomic E-state index is 0.0300. The summed E-state index contributed by atoms with van der Waals surface area (Å²) in [7, 11) is 1.54. The fourth-order valence-electron chi connectivity index (χ4n) is 3.97. The number of ether oxygens (including phenoxy) is 2. The van der Waals surface area contributed by atoms with Gasteiger partial charge in [0.15, 0.2) is 17.3 Å². The molecule has 7 heteroatoms. The van der Waals surface area contributed by atoms with Gasteiger partial charge in [-0.15, -0.1) is 0 Å². The molecular weight excluding hydrogens is 416 g/mol. The van der Waals surface area contributed by atoms with Crippen molar-refractivity contribution in [3.05, 3.63) is 58.2 Å². The van der Waals surface area contributed by atoms with Gasteiger partial charge in [-0.05, 0) is 49.7 Å². The number of fused-ring (bicyclic) bond motifs is 3. The lowest BCUT2D eigenvalue weighted by Crippen LogP contribution is -2.35. The zero-order valence-electron chi connectivity index (χ0n) is 17.7. The maximum Gasteiger partial charge on any atom is 0.223 e. The molecule has 0 saturated carbocycles. The van der Waals surface area contributed by atoms with Crippen LogP contribution in [0.4, 0.5) is 0 Å².